The molecule has 0 fully saturated rings. The topological polar surface area (TPSA) is 106 Å². The van der Waals surface area contributed by atoms with Gasteiger partial charge >= 0.3 is 0 Å². The molecular formula is C21H23FN4O4. The largest absolute Gasteiger partial charge is 0.493 e. The third-order valence-electron chi connectivity index (χ3n) is 4.46. The average Bonchev–Trinajstić information content (AvgIpc) is 2.77. The maximum absolute atomic E-state index is 13.2. The summed E-state index contributed by atoms with van der Waals surface area (Å²) in [5, 5.41) is 12.4. The van der Waals surface area contributed by atoms with Crippen molar-refractivity contribution >= 4 is 28.3 Å². The van der Waals surface area contributed by atoms with Gasteiger partial charge in [-0.05, 0) is 49.6 Å². The second kappa shape index (κ2) is 10.4. The Morgan fingerprint density at radius 3 is 2.63 bits per heavy atom. The smallest absolute Gasteiger partial charge is 0.243 e. The number of halogens is 1. The van der Waals surface area contributed by atoms with E-state index in [1.54, 1.807) is 36.9 Å². The zero-order chi connectivity index (χ0) is 21.3. The van der Waals surface area contributed by atoms with Crippen molar-refractivity contribution in [3.05, 3.63) is 48.5 Å². The van der Waals surface area contributed by atoms with E-state index in [2.05, 4.69) is 15.3 Å². The van der Waals surface area contributed by atoms with Crippen molar-refractivity contribution in [3.8, 4) is 11.5 Å². The number of hydroxylamine groups is 1. The highest BCUT2D eigenvalue weighted by Gasteiger charge is 2.12. The first kappa shape index (κ1) is 21.3. The van der Waals surface area contributed by atoms with Crippen LogP contribution in [0.15, 0.2) is 42.7 Å². The summed E-state index contributed by atoms with van der Waals surface area (Å²) in [7, 11) is 1.56. The lowest BCUT2D eigenvalue weighted by molar-refractivity contribution is -0.129. The maximum Gasteiger partial charge on any atom is 0.243 e. The van der Waals surface area contributed by atoms with Crippen LogP contribution < -0.4 is 20.3 Å². The summed E-state index contributed by atoms with van der Waals surface area (Å²) < 4.78 is 24.5. The van der Waals surface area contributed by atoms with Crippen LogP contribution in [0.1, 0.15) is 25.7 Å². The third kappa shape index (κ3) is 5.54. The van der Waals surface area contributed by atoms with Crippen LogP contribution in [0.25, 0.3) is 10.9 Å². The van der Waals surface area contributed by atoms with Crippen LogP contribution >= 0.6 is 0 Å². The lowest BCUT2D eigenvalue weighted by atomic mass is 10.2. The number of rotatable bonds is 10. The van der Waals surface area contributed by atoms with E-state index in [9.17, 15) is 9.18 Å². The van der Waals surface area contributed by atoms with Crippen molar-refractivity contribution in [1.82, 2.24) is 15.4 Å². The van der Waals surface area contributed by atoms with E-state index in [0.717, 1.165) is 18.2 Å². The second-order valence-electron chi connectivity index (χ2n) is 6.57. The molecule has 0 aliphatic heterocycles. The van der Waals surface area contributed by atoms with E-state index < -0.39 is 5.91 Å². The Morgan fingerprint density at radius 1 is 1.10 bits per heavy atom. The molecule has 0 saturated carbocycles. The Balaban J connectivity index is 1.72. The fourth-order valence-electron chi connectivity index (χ4n) is 2.91. The van der Waals surface area contributed by atoms with Gasteiger partial charge in [0.2, 0.25) is 5.91 Å². The number of hydrogen-bond donors (Lipinski definition) is 3. The summed E-state index contributed by atoms with van der Waals surface area (Å²) in [5.74, 6) is 0.955. The molecule has 8 nitrogen and oxygen atoms in total. The number of carbonyl (C=O) groups excluding carboxylic acids is 1. The molecule has 1 heterocycles. The quantitative estimate of drug-likeness (QED) is 0.262. The molecule has 3 N–H and O–H groups in total. The molecule has 3 rings (SSSR count). The van der Waals surface area contributed by atoms with Crippen LogP contribution in [0.2, 0.25) is 0 Å². The predicted molar refractivity (Wildman–Crippen MR) is 110 cm³/mol. The molecular weight excluding hydrogens is 391 g/mol. The van der Waals surface area contributed by atoms with Crippen LogP contribution in [0.5, 0.6) is 11.5 Å². The number of fused-ring (bicyclic) bond motifs is 1. The first-order valence-corrected chi connectivity index (χ1v) is 9.52. The summed E-state index contributed by atoms with van der Waals surface area (Å²) in [4.78, 5) is 19.6. The monoisotopic (exact) mass is 414 g/mol. The predicted octanol–water partition coefficient (Wildman–Crippen LogP) is 3.97. The summed E-state index contributed by atoms with van der Waals surface area (Å²) in [6.45, 7) is 0.441. The number of amides is 1. The lowest BCUT2D eigenvalue weighted by Crippen LogP contribution is -2.17. The van der Waals surface area contributed by atoms with E-state index in [-0.39, 0.29) is 12.2 Å². The minimum atomic E-state index is -0.395. The fourth-order valence-corrected chi connectivity index (χ4v) is 2.91. The molecule has 3 aromatic rings. The Bertz CT molecular complexity index is 998. The molecule has 2 aromatic carbocycles. The number of methoxy groups -OCH3 is 1. The SMILES string of the molecule is COc1cc2ncnc(Nc3ccc(F)cc3)c2cc1OCCCCCC(=O)NO. The first-order valence-electron chi connectivity index (χ1n) is 9.52. The molecule has 30 heavy (non-hydrogen) atoms. The van der Waals surface area contributed by atoms with Gasteiger partial charge in [-0.2, -0.15) is 0 Å². The van der Waals surface area contributed by atoms with Gasteiger partial charge < -0.3 is 14.8 Å². The molecule has 1 amide bonds. The van der Waals surface area contributed by atoms with Gasteiger partial charge in [0.05, 0.1) is 19.2 Å². The van der Waals surface area contributed by atoms with E-state index in [1.165, 1.54) is 18.5 Å². The highest BCUT2D eigenvalue weighted by molar-refractivity contribution is 5.93. The van der Waals surface area contributed by atoms with Gasteiger partial charge in [0.25, 0.3) is 0 Å². The van der Waals surface area contributed by atoms with Gasteiger partial charge in [0, 0.05) is 23.6 Å². The van der Waals surface area contributed by atoms with Crippen molar-refractivity contribution < 1.29 is 23.9 Å². The number of anilines is 2. The molecule has 158 valence electrons. The molecule has 0 bridgehead atoms. The molecule has 0 atom stereocenters. The first-order chi connectivity index (χ1) is 14.6. The standard InChI is InChI=1S/C21H23FN4O4/c1-29-18-12-17-16(11-19(18)30-10-4-2-3-5-20(27)26-28)21(24-13-23-17)25-15-8-6-14(22)7-9-15/h6-9,11-13,28H,2-5,10H2,1H3,(H,26,27)(H,23,24,25). The molecule has 0 aliphatic rings. The van der Waals surface area contributed by atoms with Crippen molar-refractivity contribution in [2.24, 2.45) is 0 Å². The van der Waals surface area contributed by atoms with Crippen molar-refractivity contribution in [2.45, 2.75) is 25.7 Å². The number of nitrogens with one attached hydrogen (secondary N) is 2. The van der Waals surface area contributed by atoms with Crippen LogP contribution in [0.4, 0.5) is 15.9 Å². The molecule has 0 saturated heterocycles. The number of benzene rings is 2. The summed E-state index contributed by atoms with van der Waals surface area (Å²) in [5.41, 5.74) is 2.99. The number of unbranched alkanes of at least 4 members (excludes halogenated alkanes) is 2. The molecule has 0 unspecified atom stereocenters. The van der Waals surface area contributed by atoms with Crippen LogP contribution in [-0.4, -0.2) is 34.8 Å². The van der Waals surface area contributed by atoms with Crippen LogP contribution in [0, 0.1) is 5.82 Å². The molecule has 1 aromatic heterocycles. The minimum Gasteiger partial charge on any atom is -0.493 e. The van der Waals surface area contributed by atoms with Gasteiger partial charge in [-0.25, -0.2) is 19.8 Å². The number of aromatic nitrogens is 2. The molecule has 0 radical (unpaired) electrons. The normalized spacial score (nSPS) is 10.6. The van der Waals surface area contributed by atoms with Gasteiger partial charge in [-0.15, -0.1) is 0 Å². The number of nitrogens with zero attached hydrogens (tertiary/aromatic N) is 2. The van der Waals surface area contributed by atoms with Crippen LogP contribution in [0.3, 0.4) is 0 Å². The zero-order valence-corrected chi connectivity index (χ0v) is 16.5. The number of hydrogen-bond acceptors (Lipinski definition) is 7. The zero-order valence-electron chi connectivity index (χ0n) is 16.5. The minimum absolute atomic E-state index is 0.269. The Kier molecular flexibility index (Phi) is 7.34. The second-order valence-corrected chi connectivity index (χ2v) is 6.57. The van der Waals surface area contributed by atoms with Crippen molar-refractivity contribution in [2.75, 3.05) is 19.0 Å². The van der Waals surface area contributed by atoms with E-state index in [4.69, 9.17) is 14.7 Å². The maximum atomic E-state index is 13.2. The summed E-state index contributed by atoms with van der Waals surface area (Å²) in [6.07, 6.45) is 3.89. The summed E-state index contributed by atoms with van der Waals surface area (Å²) >= 11 is 0. The Labute approximate surface area is 173 Å². The van der Waals surface area contributed by atoms with Gasteiger partial charge in [-0.3, -0.25) is 10.0 Å². The van der Waals surface area contributed by atoms with E-state index in [0.29, 0.717) is 41.5 Å². The fraction of sp³-hybridized carbons (Fsp3) is 0.286. The number of ether oxygens (including phenoxy) is 2. The lowest BCUT2D eigenvalue weighted by Gasteiger charge is -2.14. The van der Waals surface area contributed by atoms with Crippen molar-refractivity contribution in [3.63, 3.8) is 0 Å². The van der Waals surface area contributed by atoms with E-state index in [1.807, 2.05) is 0 Å². The van der Waals surface area contributed by atoms with Gasteiger partial charge in [0.15, 0.2) is 11.5 Å². The van der Waals surface area contributed by atoms with Gasteiger partial charge in [0.1, 0.15) is 18.0 Å². The highest BCUT2D eigenvalue weighted by atomic mass is 19.1. The molecule has 0 aliphatic carbocycles. The third-order valence-corrected chi connectivity index (χ3v) is 4.46. The van der Waals surface area contributed by atoms with E-state index >= 15 is 0 Å². The molecule has 0 spiro atoms. The molecule has 9 heteroatoms. The number of carbonyl (C=O) groups is 1. The summed E-state index contributed by atoms with van der Waals surface area (Å²) in [6, 6.07) is 9.57. The highest BCUT2D eigenvalue weighted by Crippen LogP contribution is 2.34. The van der Waals surface area contributed by atoms with Gasteiger partial charge in [-0.1, -0.05) is 0 Å². The Hall–Kier alpha value is -3.46. The van der Waals surface area contributed by atoms with Crippen LogP contribution in [-0.2, 0) is 4.79 Å². The Morgan fingerprint density at radius 2 is 1.90 bits per heavy atom. The average molecular weight is 414 g/mol. The van der Waals surface area contributed by atoms with Crippen molar-refractivity contribution in [1.29, 1.82) is 0 Å².